The third kappa shape index (κ3) is 5.61. The first-order valence-electron chi connectivity index (χ1n) is 9.73. The van der Waals surface area contributed by atoms with Crippen LogP contribution < -0.4 is 31.0 Å². The van der Waals surface area contributed by atoms with E-state index >= 15 is 0 Å². The number of amides is 2. The summed E-state index contributed by atoms with van der Waals surface area (Å²) in [5.74, 6) is -2.76. The zero-order chi connectivity index (χ0) is 23.3. The molecular weight excluding hydrogens is 442 g/mol. The van der Waals surface area contributed by atoms with Crippen LogP contribution in [0.4, 0.5) is 8.78 Å². The van der Waals surface area contributed by atoms with Crippen LogP contribution in [0.25, 0.3) is 0 Å². The molecule has 0 bridgehead atoms. The molecule has 3 rings (SSSR count). The van der Waals surface area contributed by atoms with E-state index in [1.165, 1.54) is 0 Å². The number of halogens is 2. The van der Waals surface area contributed by atoms with Gasteiger partial charge in [0.2, 0.25) is 6.79 Å². The average Bonchev–Trinajstić information content (AvgIpc) is 3.22. The molecule has 1 atom stereocenters. The van der Waals surface area contributed by atoms with E-state index in [4.69, 9.17) is 21.7 Å². The zero-order valence-electron chi connectivity index (χ0n) is 17.3. The molecule has 0 unspecified atom stereocenters. The summed E-state index contributed by atoms with van der Waals surface area (Å²) in [5, 5.41) is 5.41. The topological polar surface area (TPSA) is 101 Å². The normalized spacial score (nSPS) is 12.8. The molecule has 0 aromatic heterocycles. The summed E-state index contributed by atoms with van der Waals surface area (Å²) in [6, 6.07) is 7.45. The summed E-state index contributed by atoms with van der Waals surface area (Å²) < 4.78 is 38.3. The Morgan fingerprint density at radius 2 is 1.75 bits per heavy atom. The number of fused-ring (bicyclic) bond motifs is 1. The number of rotatable bonds is 6. The fourth-order valence-electron chi connectivity index (χ4n) is 2.94. The fourth-order valence-corrected chi connectivity index (χ4v) is 3.06. The number of nitrogens with one attached hydrogen (secondary N) is 4. The zero-order valence-corrected chi connectivity index (χ0v) is 18.1. The lowest BCUT2D eigenvalue weighted by Crippen LogP contribution is -2.55. The highest BCUT2D eigenvalue weighted by Crippen LogP contribution is 2.32. The van der Waals surface area contributed by atoms with E-state index in [1.807, 2.05) is 12.1 Å². The summed E-state index contributed by atoms with van der Waals surface area (Å²) in [5.41, 5.74) is 5.06. The highest BCUT2D eigenvalue weighted by atomic mass is 32.1. The minimum Gasteiger partial charge on any atom is -0.454 e. The Labute approximate surface area is 188 Å². The third-order valence-electron chi connectivity index (χ3n) is 4.61. The smallest absolute Gasteiger partial charge is 0.261 e. The van der Waals surface area contributed by atoms with Crippen LogP contribution in [0.3, 0.4) is 0 Å². The van der Waals surface area contributed by atoms with Crippen LogP contribution >= 0.6 is 12.2 Å². The number of hydrazine groups is 1. The van der Waals surface area contributed by atoms with E-state index in [2.05, 4.69) is 21.5 Å². The van der Waals surface area contributed by atoms with E-state index in [9.17, 15) is 18.4 Å². The Morgan fingerprint density at radius 3 is 2.44 bits per heavy atom. The lowest BCUT2D eigenvalue weighted by Gasteiger charge is -2.22. The second-order valence-corrected chi connectivity index (χ2v) is 7.68. The predicted octanol–water partition coefficient (Wildman–Crippen LogP) is 2.14. The Bertz CT molecular complexity index is 1010. The molecule has 0 spiro atoms. The molecular formula is C21H22F2N4O4S. The first kappa shape index (κ1) is 23.2. The fraction of sp³-hybridized carbons (Fsp3) is 0.286. The molecule has 8 nitrogen and oxygen atoms in total. The van der Waals surface area contributed by atoms with Crippen molar-refractivity contribution in [2.24, 2.45) is 5.92 Å². The number of hydrogen-bond acceptors (Lipinski definition) is 5. The van der Waals surface area contributed by atoms with E-state index in [-0.39, 0.29) is 17.8 Å². The maximum atomic E-state index is 13.9. The second kappa shape index (κ2) is 10.2. The van der Waals surface area contributed by atoms with Crippen molar-refractivity contribution in [3.05, 3.63) is 59.2 Å². The molecule has 0 aliphatic carbocycles. The maximum absolute atomic E-state index is 13.9. The summed E-state index contributed by atoms with van der Waals surface area (Å²) in [7, 11) is 0. The molecule has 32 heavy (non-hydrogen) atoms. The monoisotopic (exact) mass is 464 g/mol. The second-order valence-electron chi connectivity index (χ2n) is 7.28. The van der Waals surface area contributed by atoms with Gasteiger partial charge < -0.3 is 20.1 Å². The molecule has 0 saturated heterocycles. The first-order valence-corrected chi connectivity index (χ1v) is 10.1. The van der Waals surface area contributed by atoms with Gasteiger partial charge in [-0.3, -0.25) is 20.4 Å². The van der Waals surface area contributed by atoms with Gasteiger partial charge in [0.1, 0.15) is 23.2 Å². The Kier molecular flexibility index (Phi) is 7.41. The van der Waals surface area contributed by atoms with Crippen LogP contribution in [0.15, 0.2) is 36.4 Å². The van der Waals surface area contributed by atoms with E-state index in [1.54, 1.807) is 19.9 Å². The van der Waals surface area contributed by atoms with Gasteiger partial charge in [-0.15, -0.1) is 0 Å². The highest BCUT2D eigenvalue weighted by molar-refractivity contribution is 7.80. The summed E-state index contributed by atoms with van der Waals surface area (Å²) in [4.78, 5) is 24.9. The van der Waals surface area contributed by atoms with Crippen LogP contribution in [-0.2, 0) is 11.3 Å². The molecule has 2 aromatic carbocycles. The van der Waals surface area contributed by atoms with Crippen molar-refractivity contribution in [1.82, 2.24) is 21.5 Å². The van der Waals surface area contributed by atoms with Gasteiger partial charge in [-0.25, -0.2) is 8.78 Å². The van der Waals surface area contributed by atoms with Gasteiger partial charge in [-0.1, -0.05) is 26.0 Å². The van der Waals surface area contributed by atoms with Crippen molar-refractivity contribution in [1.29, 1.82) is 0 Å². The molecule has 1 aliphatic rings. The molecule has 170 valence electrons. The Balaban J connectivity index is 1.52. The SMILES string of the molecule is CC(C)[C@H](NC(=O)c1c(F)cccc1F)C(=O)NNC(=S)NCc1ccc2c(c1)OCO2. The lowest BCUT2D eigenvalue weighted by atomic mass is 10.0. The van der Waals surface area contributed by atoms with E-state index in [0.717, 1.165) is 23.8 Å². The van der Waals surface area contributed by atoms with Crippen LogP contribution in [0.5, 0.6) is 11.5 Å². The Morgan fingerprint density at radius 1 is 1.06 bits per heavy atom. The van der Waals surface area contributed by atoms with Gasteiger partial charge in [0, 0.05) is 6.54 Å². The molecule has 4 N–H and O–H groups in total. The van der Waals surface area contributed by atoms with Gasteiger partial charge in [0.05, 0.1) is 0 Å². The van der Waals surface area contributed by atoms with Crippen LogP contribution in [0.2, 0.25) is 0 Å². The minimum atomic E-state index is -1.06. The van der Waals surface area contributed by atoms with Crippen molar-refractivity contribution < 1.29 is 27.8 Å². The molecule has 1 aliphatic heterocycles. The first-order chi connectivity index (χ1) is 15.3. The van der Waals surface area contributed by atoms with Crippen LogP contribution in [0.1, 0.15) is 29.8 Å². The van der Waals surface area contributed by atoms with E-state index < -0.39 is 35.1 Å². The summed E-state index contributed by atoms with van der Waals surface area (Å²) in [6.45, 7) is 3.89. The number of hydrogen-bond donors (Lipinski definition) is 4. The maximum Gasteiger partial charge on any atom is 0.261 e. The minimum absolute atomic E-state index is 0.130. The van der Waals surface area contributed by atoms with Gasteiger partial charge in [0.25, 0.3) is 11.8 Å². The highest BCUT2D eigenvalue weighted by Gasteiger charge is 2.27. The number of benzene rings is 2. The van der Waals surface area contributed by atoms with Crippen LogP contribution in [-0.4, -0.2) is 29.8 Å². The Hall–Kier alpha value is -3.47. The molecule has 2 amide bonds. The van der Waals surface area contributed by atoms with Gasteiger partial charge >= 0.3 is 0 Å². The van der Waals surface area contributed by atoms with Crippen molar-refractivity contribution >= 4 is 29.1 Å². The molecule has 2 aromatic rings. The van der Waals surface area contributed by atoms with Crippen molar-refractivity contribution in [2.45, 2.75) is 26.4 Å². The van der Waals surface area contributed by atoms with Gasteiger partial charge in [-0.2, -0.15) is 0 Å². The third-order valence-corrected chi connectivity index (χ3v) is 4.86. The van der Waals surface area contributed by atoms with Gasteiger partial charge in [-0.05, 0) is 48.0 Å². The van der Waals surface area contributed by atoms with Gasteiger partial charge in [0.15, 0.2) is 16.6 Å². The quantitative estimate of drug-likeness (QED) is 0.384. The molecule has 11 heteroatoms. The number of carbonyl (C=O) groups is 2. The number of carbonyl (C=O) groups excluding carboxylic acids is 2. The molecule has 0 radical (unpaired) electrons. The van der Waals surface area contributed by atoms with E-state index in [0.29, 0.717) is 18.0 Å². The standard InChI is InChI=1S/C21H22F2N4O4S/c1-11(2)18(25-19(28)17-13(22)4-3-5-14(17)23)20(29)26-27-21(32)24-9-12-6-7-15-16(8-12)31-10-30-15/h3-8,11,18H,9-10H2,1-2H3,(H,25,28)(H,26,29)(H2,24,27,32)/t18-/m0/s1. The molecule has 1 heterocycles. The average molecular weight is 464 g/mol. The largest absolute Gasteiger partial charge is 0.454 e. The van der Waals surface area contributed by atoms with Crippen molar-refractivity contribution in [3.63, 3.8) is 0 Å². The van der Waals surface area contributed by atoms with Crippen molar-refractivity contribution in [2.75, 3.05) is 6.79 Å². The predicted molar refractivity (Wildman–Crippen MR) is 116 cm³/mol. The molecule has 0 fully saturated rings. The number of ether oxygens (including phenoxy) is 2. The van der Waals surface area contributed by atoms with Crippen molar-refractivity contribution in [3.8, 4) is 11.5 Å². The molecule has 0 saturated carbocycles. The summed E-state index contributed by atoms with van der Waals surface area (Å²) >= 11 is 5.14. The lowest BCUT2D eigenvalue weighted by molar-refractivity contribution is -0.124. The van der Waals surface area contributed by atoms with Crippen LogP contribution in [0, 0.1) is 17.6 Å². The number of thiocarbonyl (C=S) groups is 1. The summed E-state index contributed by atoms with van der Waals surface area (Å²) in [6.07, 6.45) is 0.